The van der Waals surface area contributed by atoms with E-state index in [-0.39, 0.29) is 35.9 Å². The second-order valence-corrected chi connectivity index (χ2v) is 8.38. The van der Waals surface area contributed by atoms with Crippen molar-refractivity contribution in [2.45, 2.75) is 25.6 Å². The number of hydrogen-bond acceptors (Lipinski definition) is 6. The molecule has 174 valence electrons. The molecule has 1 saturated heterocycles. The summed E-state index contributed by atoms with van der Waals surface area (Å²) in [4.78, 5) is 28.7. The average molecular weight is 480 g/mol. The lowest BCUT2D eigenvalue weighted by atomic mass is 10.1. The molecule has 1 amide bonds. The predicted molar refractivity (Wildman–Crippen MR) is 112 cm³/mol. The van der Waals surface area contributed by atoms with Crippen molar-refractivity contribution in [3.8, 4) is 17.0 Å². The maximum Gasteiger partial charge on any atom is 0.416 e. The van der Waals surface area contributed by atoms with Gasteiger partial charge in [0, 0.05) is 30.1 Å². The number of halogens is 3. The molecule has 12 heteroatoms. The zero-order valence-corrected chi connectivity index (χ0v) is 18.0. The number of hydrogen-bond donors (Lipinski definition) is 1. The van der Waals surface area contributed by atoms with E-state index in [2.05, 4.69) is 10.1 Å². The van der Waals surface area contributed by atoms with Crippen molar-refractivity contribution in [3.05, 3.63) is 52.1 Å². The highest BCUT2D eigenvalue weighted by atomic mass is 32.1. The highest BCUT2D eigenvalue weighted by Crippen LogP contribution is 2.36. The highest BCUT2D eigenvalue weighted by Gasteiger charge is 2.32. The summed E-state index contributed by atoms with van der Waals surface area (Å²) >= 11 is 1.23. The standard InChI is InChI=1S/C21H19F3N4O4S/c22-21(23,24)15-6-13(7-16(8-15)32-5-4-27-3-1-2-19(27)29)17-12-33-18(26-17)11-28-10-14(9-25-28)20(30)31/h6-10,12H,1-5,11H2,(H,30,31). The number of alkyl halides is 3. The zero-order chi connectivity index (χ0) is 23.6. The van der Waals surface area contributed by atoms with Crippen LogP contribution in [0.2, 0.25) is 0 Å². The topological polar surface area (TPSA) is 97.5 Å². The summed E-state index contributed by atoms with van der Waals surface area (Å²) in [5.74, 6) is -1.04. The van der Waals surface area contributed by atoms with Gasteiger partial charge >= 0.3 is 12.1 Å². The van der Waals surface area contributed by atoms with Crippen LogP contribution in [-0.2, 0) is 17.5 Å². The summed E-state index contributed by atoms with van der Waals surface area (Å²) in [6.45, 7) is 1.21. The van der Waals surface area contributed by atoms with Crippen LogP contribution < -0.4 is 4.74 Å². The van der Waals surface area contributed by atoms with Crippen molar-refractivity contribution in [3.63, 3.8) is 0 Å². The number of nitrogens with zero attached hydrogens (tertiary/aromatic N) is 4. The second-order valence-electron chi connectivity index (χ2n) is 7.43. The summed E-state index contributed by atoms with van der Waals surface area (Å²) in [7, 11) is 0. The van der Waals surface area contributed by atoms with Crippen LogP contribution in [0.25, 0.3) is 11.3 Å². The molecular formula is C21H19F3N4O4S. The number of likely N-dealkylation sites (tertiary alicyclic amines) is 1. The van der Waals surface area contributed by atoms with Gasteiger partial charge in [0.25, 0.3) is 0 Å². The summed E-state index contributed by atoms with van der Waals surface area (Å²) in [5, 5.41) is 15.1. The van der Waals surface area contributed by atoms with Crippen LogP contribution in [0.4, 0.5) is 13.2 Å². The predicted octanol–water partition coefficient (Wildman–Crippen LogP) is 3.77. The molecule has 3 aromatic rings. The number of rotatable bonds is 8. The molecule has 0 bridgehead atoms. The first-order valence-corrected chi connectivity index (χ1v) is 10.9. The van der Waals surface area contributed by atoms with E-state index in [1.54, 1.807) is 10.3 Å². The van der Waals surface area contributed by atoms with Crippen LogP contribution in [0.3, 0.4) is 0 Å². The molecule has 8 nitrogen and oxygen atoms in total. The van der Waals surface area contributed by atoms with E-state index in [1.807, 2.05) is 0 Å². The van der Waals surface area contributed by atoms with Gasteiger partial charge in [0.15, 0.2) is 0 Å². The Kier molecular flexibility index (Phi) is 6.36. The van der Waals surface area contributed by atoms with Gasteiger partial charge in [0.2, 0.25) is 5.91 Å². The minimum Gasteiger partial charge on any atom is -0.492 e. The quantitative estimate of drug-likeness (QED) is 0.527. The number of ether oxygens (including phenoxy) is 1. The number of amides is 1. The number of benzene rings is 1. The van der Waals surface area contributed by atoms with Crippen LogP contribution in [0.15, 0.2) is 36.0 Å². The Morgan fingerprint density at radius 1 is 1.27 bits per heavy atom. The SMILES string of the molecule is O=C(O)c1cnn(Cc2nc(-c3cc(OCCN4CCCC4=O)cc(C(F)(F)F)c3)cs2)c1. The summed E-state index contributed by atoms with van der Waals surface area (Å²) < 4.78 is 47.3. The molecule has 0 aliphatic carbocycles. The molecule has 3 heterocycles. The lowest BCUT2D eigenvalue weighted by molar-refractivity contribution is -0.137. The number of aromatic carboxylic acids is 1. The van der Waals surface area contributed by atoms with Crippen molar-refractivity contribution < 1.29 is 32.6 Å². The maximum absolute atomic E-state index is 13.5. The van der Waals surface area contributed by atoms with Gasteiger partial charge in [-0.1, -0.05) is 0 Å². The molecule has 0 radical (unpaired) electrons. The third-order valence-corrected chi connectivity index (χ3v) is 5.89. The minimum atomic E-state index is -4.57. The Hall–Kier alpha value is -3.41. The first-order chi connectivity index (χ1) is 15.7. The van der Waals surface area contributed by atoms with Gasteiger partial charge in [-0.15, -0.1) is 11.3 Å². The highest BCUT2D eigenvalue weighted by molar-refractivity contribution is 7.09. The molecular weight excluding hydrogens is 461 g/mol. The van der Waals surface area contributed by atoms with E-state index in [4.69, 9.17) is 9.84 Å². The smallest absolute Gasteiger partial charge is 0.416 e. The van der Waals surface area contributed by atoms with Crippen molar-refractivity contribution in [1.82, 2.24) is 19.7 Å². The van der Waals surface area contributed by atoms with E-state index in [0.29, 0.717) is 30.2 Å². The van der Waals surface area contributed by atoms with Crippen molar-refractivity contribution in [2.75, 3.05) is 19.7 Å². The molecule has 0 atom stereocenters. The third-order valence-electron chi connectivity index (χ3n) is 5.06. The Morgan fingerprint density at radius 2 is 2.09 bits per heavy atom. The van der Waals surface area contributed by atoms with Gasteiger partial charge in [-0.2, -0.15) is 18.3 Å². The van der Waals surface area contributed by atoms with Gasteiger partial charge in [0.1, 0.15) is 17.4 Å². The zero-order valence-electron chi connectivity index (χ0n) is 17.2. The van der Waals surface area contributed by atoms with Gasteiger partial charge < -0.3 is 14.7 Å². The molecule has 2 aromatic heterocycles. The molecule has 1 aliphatic heterocycles. The summed E-state index contributed by atoms with van der Waals surface area (Å²) in [6, 6.07) is 3.42. The van der Waals surface area contributed by atoms with Crippen molar-refractivity contribution >= 4 is 23.2 Å². The molecule has 1 N–H and O–H groups in total. The van der Waals surface area contributed by atoms with Crippen LogP contribution in [0.5, 0.6) is 5.75 Å². The molecule has 4 rings (SSSR count). The van der Waals surface area contributed by atoms with Gasteiger partial charge in [-0.05, 0) is 24.6 Å². The number of aromatic nitrogens is 3. The Morgan fingerprint density at radius 3 is 2.76 bits per heavy atom. The van der Waals surface area contributed by atoms with Crippen molar-refractivity contribution in [1.29, 1.82) is 0 Å². The number of carbonyl (C=O) groups excluding carboxylic acids is 1. The van der Waals surface area contributed by atoms with Crippen LogP contribution in [0, 0.1) is 0 Å². The fraction of sp³-hybridized carbons (Fsp3) is 0.333. The summed E-state index contributed by atoms with van der Waals surface area (Å²) in [6.07, 6.45) is -0.751. The third kappa shape index (κ3) is 5.51. The monoisotopic (exact) mass is 480 g/mol. The molecule has 1 aromatic carbocycles. The molecule has 1 fully saturated rings. The number of carboxylic acids is 1. The number of thiazole rings is 1. The lowest BCUT2D eigenvalue weighted by Crippen LogP contribution is -2.29. The Balaban J connectivity index is 1.51. The first-order valence-electron chi connectivity index (χ1n) is 10.0. The van der Waals surface area contributed by atoms with E-state index < -0.39 is 17.7 Å². The van der Waals surface area contributed by atoms with E-state index in [1.165, 1.54) is 34.5 Å². The van der Waals surface area contributed by atoms with Crippen LogP contribution in [0.1, 0.15) is 33.8 Å². The Bertz CT molecular complexity index is 1170. The fourth-order valence-electron chi connectivity index (χ4n) is 3.42. The molecule has 1 aliphatic rings. The lowest BCUT2D eigenvalue weighted by Gasteiger charge is -2.17. The molecule has 33 heavy (non-hydrogen) atoms. The maximum atomic E-state index is 13.5. The van der Waals surface area contributed by atoms with Crippen LogP contribution >= 0.6 is 11.3 Å². The molecule has 0 unspecified atom stereocenters. The summed E-state index contributed by atoms with van der Waals surface area (Å²) in [5.41, 5.74) is -0.250. The first kappa shape index (κ1) is 22.8. The largest absolute Gasteiger partial charge is 0.492 e. The normalized spacial score (nSPS) is 14.2. The van der Waals surface area contributed by atoms with E-state index in [9.17, 15) is 22.8 Å². The van der Waals surface area contributed by atoms with Gasteiger partial charge in [-0.25, -0.2) is 9.78 Å². The minimum absolute atomic E-state index is 0.0194. The van der Waals surface area contributed by atoms with E-state index in [0.717, 1.165) is 18.6 Å². The Labute approximate surface area is 190 Å². The van der Waals surface area contributed by atoms with Crippen molar-refractivity contribution in [2.24, 2.45) is 0 Å². The van der Waals surface area contributed by atoms with Gasteiger partial charge in [-0.3, -0.25) is 9.48 Å². The second kappa shape index (κ2) is 9.22. The number of carbonyl (C=O) groups is 2. The molecule has 0 saturated carbocycles. The number of carboxylic acid groups (broad SMARTS) is 1. The fourth-order valence-corrected chi connectivity index (χ4v) is 4.22. The van der Waals surface area contributed by atoms with Gasteiger partial charge in [0.05, 0.1) is 36.1 Å². The van der Waals surface area contributed by atoms with Crippen LogP contribution in [-0.4, -0.2) is 56.3 Å². The average Bonchev–Trinajstić information content (AvgIpc) is 3.50. The van der Waals surface area contributed by atoms with E-state index >= 15 is 0 Å². The molecule has 0 spiro atoms.